The van der Waals surface area contributed by atoms with Gasteiger partial charge in [0.1, 0.15) is 18.8 Å². The van der Waals surface area contributed by atoms with Crippen LogP contribution in [0.2, 0.25) is 0 Å². The van der Waals surface area contributed by atoms with Crippen LogP contribution in [-0.2, 0) is 4.74 Å². The van der Waals surface area contributed by atoms with E-state index in [2.05, 4.69) is 10.6 Å². The van der Waals surface area contributed by atoms with Gasteiger partial charge in [-0.1, -0.05) is 0 Å². The van der Waals surface area contributed by atoms with Crippen molar-refractivity contribution < 1.29 is 13.7 Å². The van der Waals surface area contributed by atoms with E-state index in [4.69, 9.17) is 9.15 Å². The minimum atomic E-state index is 0.374. The van der Waals surface area contributed by atoms with Gasteiger partial charge in [-0.15, -0.1) is 0 Å². The second-order valence-electron chi connectivity index (χ2n) is 6.54. The van der Waals surface area contributed by atoms with Crippen molar-refractivity contribution in [2.24, 2.45) is 11.8 Å². The SMILES string of the molecule is CO[C@H]1C[C@H](c2ccco2)[C@@H]2CC[C@H]1C2=[N+]1CCCC1. The molecule has 2 heterocycles. The van der Waals surface area contributed by atoms with E-state index in [-0.39, 0.29) is 0 Å². The lowest BCUT2D eigenvalue weighted by Gasteiger charge is -2.33. The quantitative estimate of drug-likeness (QED) is 0.775. The molecule has 0 N–H and O–H groups in total. The highest BCUT2D eigenvalue weighted by Gasteiger charge is 2.53. The topological polar surface area (TPSA) is 25.4 Å². The first-order valence-electron chi connectivity index (χ1n) is 8.06. The van der Waals surface area contributed by atoms with Gasteiger partial charge in [0.15, 0.2) is 5.71 Å². The van der Waals surface area contributed by atoms with Crippen LogP contribution in [0.1, 0.15) is 43.8 Å². The second-order valence-corrected chi connectivity index (χ2v) is 6.54. The molecule has 0 radical (unpaired) electrons. The van der Waals surface area contributed by atoms with Crippen LogP contribution in [0.4, 0.5) is 0 Å². The monoisotopic (exact) mass is 274 g/mol. The van der Waals surface area contributed by atoms with Gasteiger partial charge in [-0.2, -0.15) is 0 Å². The van der Waals surface area contributed by atoms with Gasteiger partial charge in [0.2, 0.25) is 0 Å². The normalized spacial score (nSPS) is 36.9. The lowest BCUT2D eigenvalue weighted by atomic mass is 9.75. The zero-order valence-electron chi connectivity index (χ0n) is 12.3. The summed E-state index contributed by atoms with van der Waals surface area (Å²) in [5, 5.41) is 0. The lowest BCUT2D eigenvalue weighted by molar-refractivity contribution is -0.511. The molecule has 3 nitrogen and oxygen atoms in total. The molecule has 0 aromatic carbocycles. The van der Waals surface area contributed by atoms with Crippen molar-refractivity contribution >= 4 is 5.71 Å². The van der Waals surface area contributed by atoms with Crippen molar-refractivity contribution in [3.63, 3.8) is 0 Å². The van der Waals surface area contributed by atoms with Crippen molar-refractivity contribution in [1.82, 2.24) is 0 Å². The van der Waals surface area contributed by atoms with Gasteiger partial charge < -0.3 is 9.15 Å². The van der Waals surface area contributed by atoms with E-state index in [1.807, 2.05) is 19.4 Å². The van der Waals surface area contributed by atoms with Crippen LogP contribution in [0.5, 0.6) is 0 Å². The molecule has 1 aromatic rings. The van der Waals surface area contributed by atoms with Crippen LogP contribution in [0, 0.1) is 11.8 Å². The van der Waals surface area contributed by atoms with Crippen LogP contribution in [0.25, 0.3) is 0 Å². The highest BCUT2D eigenvalue weighted by molar-refractivity contribution is 5.89. The van der Waals surface area contributed by atoms with E-state index in [0.29, 0.717) is 23.9 Å². The molecule has 3 fully saturated rings. The fraction of sp³-hybridized carbons (Fsp3) is 0.706. The molecule has 2 saturated carbocycles. The molecule has 0 amide bonds. The standard InChI is InChI=1S/C17H24NO2/c1-19-16-11-14(15-5-4-10-20-15)12-6-7-13(16)17(12)18-8-2-3-9-18/h4-5,10,12-14,16H,2-3,6-9,11H2,1H3/q+1/t12-,13+,14-,16-/m0/s1. The number of ether oxygens (including phenoxy) is 1. The number of hydrogen-bond acceptors (Lipinski definition) is 2. The highest BCUT2D eigenvalue weighted by Crippen LogP contribution is 2.49. The molecule has 0 spiro atoms. The first-order chi connectivity index (χ1) is 9.88. The van der Waals surface area contributed by atoms with Crippen molar-refractivity contribution in [2.45, 2.75) is 44.1 Å². The fourth-order valence-electron chi connectivity index (χ4n) is 4.81. The summed E-state index contributed by atoms with van der Waals surface area (Å²) in [4.78, 5) is 0. The van der Waals surface area contributed by atoms with E-state index in [1.54, 1.807) is 5.71 Å². The molecule has 1 aromatic heterocycles. The van der Waals surface area contributed by atoms with Crippen LogP contribution in [0.15, 0.2) is 22.8 Å². The second kappa shape index (κ2) is 5.03. The Labute approximate surface area is 120 Å². The molecule has 2 aliphatic carbocycles. The van der Waals surface area contributed by atoms with Gasteiger partial charge in [-0.3, -0.25) is 0 Å². The fourth-order valence-corrected chi connectivity index (χ4v) is 4.81. The molecule has 4 rings (SSSR count). The number of nitrogens with zero attached hydrogens (tertiary/aromatic N) is 1. The summed E-state index contributed by atoms with van der Waals surface area (Å²) >= 11 is 0. The molecule has 1 aliphatic heterocycles. The average molecular weight is 274 g/mol. The minimum Gasteiger partial charge on any atom is -0.469 e. The van der Waals surface area contributed by atoms with Gasteiger partial charge in [0.05, 0.1) is 18.3 Å². The largest absolute Gasteiger partial charge is 0.469 e. The molecule has 20 heavy (non-hydrogen) atoms. The Hall–Kier alpha value is -1.09. The Morgan fingerprint density at radius 3 is 2.65 bits per heavy atom. The molecule has 4 atom stereocenters. The molecule has 2 bridgehead atoms. The van der Waals surface area contributed by atoms with E-state index in [9.17, 15) is 0 Å². The first-order valence-corrected chi connectivity index (χ1v) is 8.06. The Morgan fingerprint density at radius 2 is 1.95 bits per heavy atom. The van der Waals surface area contributed by atoms with Gasteiger partial charge in [0.25, 0.3) is 0 Å². The number of rotatable bonds is 2. The van der Waals surface area contributed by atoms with Crippen LogP contribution in [-0.4, -0.2) is 36.6 Å². The molecule has 3 heteroatoms. The number of hydrogen-bond donors (Lipinski definition) is 0. The average Bonchev–Trinajstić information content (AvgIpc) is 3.19. The van der Waals surface area contributed by atoms with Crippen molar-refractivity contribution in [2.75, 3.05) is 20.2 Å². The zero-order valence-corrected chi connectivity index (χ0v) is 12.3. The molecule has 3 aliphatic rings. The van der Waals surface area contributed by atoms with E-state index in [1.165, 1.54) is 38.8 Å². The van der Waals surface area contributed by atoms with Gasteiger partial charge in [-0.05, 0) is 31.4 Å². The zero-order chi connectivity index (χ0) is 13.5. The summed E-state index contributed by atoms with van der Waals surface area (Å²) in [6, 6.07) is 4.17. The van der Waals surface area contributed by atoms with Gasteiger partial charge >= 0.3 is 0 Å². The first kappa shape index (κ1) is 12.6. The van der Waals surface area contributed by atoms with Gasteiger partial charge in [-0.25, -0.2) is 4.58 Å². The molecule has 1 saturated heterocycles. The Bertz CT molecular complexity index is 497. The molecule has 108 valence electrons. The highest BCUT2D eigenvalue weighted by atomic mass is 16.5. The molecular formula is C17H24NO2+. The summed E-state index contributed by atoms with van der Waals surface area (Å²) in [5.74, 6) is 3.03. The predicted octanol–water partition coefficient (Wildman–Crippen LogP) is 3.06. The summed E-state index contributed by atoms with van der Waals surface area (Å²) in [6.07, 6.45) is 8.62. The van der Waals surface area contributed by atoms with E-state index in [0.717, 1.165) is 12.2 Å². The maximum atomic E-state index is 5.85. The molecular weight excluding hydrogens is 250 g/mol. The Morgan fingerprint density at radius 1 is 1.15 bits per heavy atom. The third-order valence-corrected chi connectivity index (χ3v) is 5.65. The maximum absolute atomic E-state index is 5.85. The van der Waals surface area contributed by atoms with Crippen LogP contribution < -0.4 is 0 Å². The van der Waals surface area contributed by atoms with E-state index >= 15 is 0 Å². The Kier molecular flexibility index (Phi) is 3.18. The third-order valence-electron chi connectivity index (χ3n) is 5.65. The maximum Gasteiger partial charge on any atom is 0.161 e. The smallest absolute Gasteiger partial charge is 0.161 e. The minimum absolute atomic E-state index is 0.374. The number of fused-ring (bicyclic) bond motifs is 2. The molecule has 0 unspecified atom stereocenters. The summed E-state index contributed by atoms with van der Waals surface area (Å²) in [5.41, 5.74) is 1.70. The summed E-state index contributed by atoms with van der Waals surface area (Å²) < 4.78 is 14.3. The van der Waals surface area contributed by atoms with Gasteiger partial charge in [0, 0.05) is 31.8 Å². The van der Waals surface area contributed by atoms with E-state index < -0.39 is 0 Å². The van der Waals surface area contributed by atoms with Crippen molar-refractivity contribution in [1.29, 1.82) is 0 Å². The van der Waals surface area contributed by atoms with Crippen LogP contribution in [0.3, 0.4) is 0 Å². The summed E-state index contributed by atoms with van der Waals surface area (Å²) in [6.45, 7) is 2.51. The lowest BCUT2D eigenvalue weighted by Crippen LogP contribution is -2.42. The summed E-state index contributed by atoms with van der Waals surface area (Å²) in [7, 11) is 1.88. The Balaban J connectivity index is 1.75. The third kappa shape index (κ3) is 1.86. The van der Waals surface area contributed by atoms with Crippen molar-refractivity contribution in [3.05, 3.63) is 24.2 Å². The van der Waals surface area contributed by atoms with Crippen molar-refractivity contribution in [3.8, 4) is 0 Å². The predicted molar refractivity (Wildman–Crippen MR) is 77.3 cm³/mol. The van der Waals surface area contributed by atoms with Crippen LogP contribution >= 0.6 is 0 Å². The number of furan rings is 1. The number of methoxy groups -OCH3 is 1.